The van der Waals surface area contributed by atoms with E-state index in [0.29, 0.717) is 0 Å². The van der Waals surface area contributed by atoms with Gasteiger partial charge in [0.2, 0.25) is 0 Å². The molecule has 1 heterocycles. The van der Waals surface area contributed by atoms with Crippen molar-refractivity contribution in [2.45, 2.75) is 6.92 Å². The summed E-state index contributed by atoms with van der Waals surface area (Å²) >= 11 is 0. The van der Waals surface area contributed by atoms with E-state index in [0.717, 1.165) is 37.7 Å². The second kappa shape index (κ2) is 6.75. The molecule has 1 aliphatic rings. The fraction of sp³-hybridized carbons (Fsp3) is 0.316. The number of aryl methyl sites for hydroxylation is 1. The van der Waals surface area contributed by atoms with E-state index in [1.807, 2.05) is 0 Å². The first kappa shape index (κ1) is 14.8. The molecule has 22 heavy (non-hydrogen) atoms. The molecule has 3 heteroatoms. The van der Waals surface area contributed by atoms with Crippen LogP contribution in [0.2, 0.25) is 0 Å². The first-order valence-electron chi connectivity index (χ1n) is 7.86. The van der Waals surface area contributed by atoms with Crippen LogP contribution in [0.3, 0.4) is 0 Å². The second-order valence-electron chi connectivity index (χ2n) is 5.93. The minimum absolute atomic E-state index is 1.02. The summed E-state index contributed by atoms with van der Waals surface area (Å²) in [6, 6.07) is 18.9. The molecule has 0 aliphatic carbocycles. The van der Waals surface area contributed by atoms with E-state index in [9.17, 15) is 0 Å². The summed E-state index contributed by atoms with van der Waals surface area (Å²) < 4.78 is 0. The minimum atomic E-state index is 1.02. The van der Waals surface area contributed by atoms with Gasteiger partial charge in [0.1, 0.15) is 5.84 Å². The van der Waals surface area contributed by atoms with Gasteiger partial charge >= 0.3 is 0 Å². The van der Waals surface area contributed by atoms with E-state index in [-0.39, 0.29) is 0 Å². The highest BCUT2D eigenvalue weighted by molar-refractivity contribution is 6.00. The Hall–Kier alpha value is -2.13. The molecule has 1 aliphatic heterocycles. The number of likely N-dealkylation sites (N-methyl/N-ethyl adjacent to an activating group) is 1. The standard InChI is InChI=1S/C19H23N3/c1-16-8-10-18(11-9-16)20-19(17-6-4-3-5-7-17)22-14-12-21(2)13-15-22/h3-11H,12-15H2,1-2H3. The molecular formula is C19H23N3. The summed E-state index contributed by atoms with van der Waals surface area (Å²) in [4.78, 5) is 9.71. The zero-order chi connectivity index (χ0) is 15.4. The molecule has 1 fully saturated rings. The Morgan fingerprint density at radius 3 is 2.14 bits per heavy atom. The van der Waals surface area contributed by atoms with Crippen molar-refractivity contribution in [1.82, 2.24) is 9.80 Å². The first-order chi connectivity index (χ1) is 10.7. The van der Waals surface area contributed by atoms with Crippen LogP contribution in [0.1, 0.15) is 11.1 Å². The monoisotopic (exact) mass is 293 g/mol. The van der Waals surface area contributed by atoms with Crippen LogP contribution in [0.4, 0.5) is 5.69 Å². The van der Waals surface area contributed by atoms with E-state index in [1.165, 1.54) is 11.1 Å². The van der Waals surface area contributed by atoms with Crippen LogP contribution in [0.25, 0.3) is 0 Å². The van der Waals surface area contributed by atoms with E-state index in [1.54, 1.807) is 0 Å². The van der Waals surface area contributed by atoms with Crippen molar-refractivity contribution in [1.29, 1.82) is 0 Å². The Bertz CT molecular complexity index is 623. The third kappa shape index (κ3) is 3.55. The molecular weight excluding hydrogens is 270 g/mol. The fourth-order valence-corrected chi connectivity index (χ4v) is 2.66. The van der Waals surface area contributed by atoms with Crippen LogP contribution in [0.5, 0.6) is 0 Å². The minimum Gasteiger partial charge on any atom is -0.354 e. The van der Waals surface area contributed by atoms with Crippen LogP contribution in [-0.4, -0.2) is 48.9 Å². The Kier molecular flexibility index (Phi) is 4.54. The maximum absolute atomic E-state index is 4.94. The number of nitrogens with zero attached hydrogens (tertiary/aromatic N) is 3. The predicted octanol–water partition coefficient (Wildman–Crippen LogP) is 3.32. The highest BCUT2D eigenvalue weighted by Gasteiger charge is 2.18. The summed E-state index contributed by atoms with van der Waals surface area (Å²) in [5, 5.41) is 0. The number of amidine groups is 1. The van der Waals surface area contributed by atoms with Gasteiger partial charge in [-0.1, -0.05) is 48.0 Å². The van der Waals surface area contributed by atoms with Gasteiger partial charge < -0.3 is 9.80 Å². The molecule has 0 N–H and O–H groups in total. The van der Waals surface area contributed by atoms with Crippen molar-refractivity contribution < 1.29 is 0 Å². The van der Waals surface area contributed by atoms with Gasteiger partial charge in [0.25, 0.3) is 0 Å². The van der Waals surface area contributed by atoms with Crippen molar-refractivity contribution in [2.75, 3.05) is 33.2 Å². The Morgan fingerprint density at radius 2 is 1.50 bits per heavy atom. The largest absolute Gasteiger partial charge is 0.354 e. The fourth-order valence-electron chi connectivity index (χ4n) is 2.66. The molecule has 0 unspecified atom stereocenters. The molecule has 2 aromatic rings. The van der Waals surface area contributed by atoms with E-state index in [2.05, 4.69) is 78.4 Å². The van der Waals surface area contributed by atoms with E-state index >= 15 is 0 Å². The molecule has 2 aromatic carbocycles. The van der Waals surface area contributed by atoms with Gasteiger partial charge in [-0.15, -0.1) is 0 Å². The lowest BCUT2D eigenvalue weighted by Gasteiger charge is -2.34. The van der Waals surface area contributed by atoms with Crippen LogP contribution >= 0.6 is 0 Å². The summed E-state index contributed by atoms with van der Waals surface area (Å²) in [7, 11) is 2.18. The Balaban J connectivity index is 1.94. The third-order valence-corrected chi connectivity index (χ3v) is 4.10. The third-order valence-electron chi connectivity index (χ3n) is 4.10. The maximum Gasteiger partial charge on any atom is 0.136 e. The number of rotatable bonds is 2. The van der Waals surface area contributed by atoms with Gasteiger partial charge in [-0.05, 0) is 26.1 Å². The number of piperazine rings is 1. The highest BCUT2D eigenvalue weighted by Crippen LogP contribution is 2.17. The molecule has 0 radical (unpaired) electrons. The van der Waals surface area contributed by atoms with Gasteiger partial charge in [-0.2, -0.15) is 0 Å². The van der Waals surface area contributed by atoms with Crippen molar-refractivity contribution in [3.63, 3.8) is 0 Å². The van der Waals surface area contributed by atoms with Crippen LogP contribution in [0, 0.1) is 6.92 Å². The second-order valence-corrected chi connectivity index (χ2v) is 5.93. The van der Waals surface area contributed by atoms with Gasteiger partial charge in [-0.3, -0.25) is 0 Å². The average Bonchev–Trinajstić information content (AvgIpc) is 2.56. The Morgan fingerprint density at radius 1 is 0.864 bits per heavy atom. The SMILES string of the molecule is Cc1ccc(N=C(c2ccccc2)N2CCN(C)CC2)cc1. The lowest BCUT2D eigenvalue weighted by Crippen LogP contribution is -2.47. The summed E-state index contributed by atoms with van der Waals surface area (Å²) in [5.74, 6) is 1.08. The molecule has 114 valence electrons. The molecule has 0 spiro atoms. The van der Waals surface area contributed by atoms with Gasteiger partial charge in [0, 0.05) is 31.7 Å². The van der Waals surface area contributed by atoms with E-state index < -0.39 is 0 Å². The van der Waals surface area contributed by atoms with Crippen molar-refractivity contribution in [3.8, 4) is 0 Å². The lowest BCUT2D eigenvalue weighted by molar-refractivity contribution is 0.216. The predicted molar refractivity (Wildman–Crippen MR) is 92.9 cm³/mol. The van der Waals surface area contributed by atoms with Crippen LogP contribution < -0.4 is 0 Å². The molecule has 1 saturated heterocycles. The number of aliphatic imine (C=N–C) groups is 1. The molecule has 0 atom stereocenters. The van der Waals surface area contributed by atoms with Crippen LogP contribution in [-0.2, 0) is 0 Å². The van der Waals surface area contributed by atoms with Crippen molar-refractivity contribution in [2.24, 2.45) is 4.99 Å². The molecule has 3 nitrogen and oxygen atoms in total. The van der Waals surface area contributed by atoms with E-state index in [4.69, 9.17) is 4.99 Å². The molecule has 0 amide bonds. The summed E-state index contributed by atoms with van der Waals surface area (Å²) in [6.45, 7) is 6.32. The molecule has 0 aromatic heterocycles. The number of hydrogen-bond acceptors (Lipinski definition) is 2. The zero-order valence-electron chi connectivity index (χ0n) is 13.4. The first-order valence-corrected chi connectivity index (χ1v) is 7.86. The quantitative estimate of drug-likeness (QED) is 0.625. The van der Waals surface area contributed by atoms with Crippen molar-refractivity contribution in [3.05, 3.63) is 65.7 Å². The Labute approximate surface area is 132 Å². The molecule has 0 bridgehead atoms. The highest BCUT2D eigenvalue weighted by atomic mass is 15.3. The smallest absolute Gasteiger partial charge is 0.136 e. The van der Waals surface area contributed by atoms with Gasteiger partial charge in [0.05, 0.1) is 5.69 Å². The van der Waals surface area contributed by atoms with Crippen LogP contribution in [0.15, 0.2) is 59.6 Å². The maximum atomic E-state index is 4.94. The molecule has 3 rings (SSSR count). The van der Waals surface area contributed by atoms with Crippen molar-refractivity contribution >= 4 is 11.5 Å². The summed E-state index contributed by atoms with van der Waals surface area (Å²) in [5.41, 5.74) is 3.47. The average molecular weight is 293 g/mol. The summed E-state index contributed by atoms with van der Waals surface area (Å²) in [6.07, 6.45) is 0. The number of hydrogen-bond donors (Lipinski definition) is 0. The van der Waals surface area contributed by atoms with Gasteiger partial charge in [-0.25, -0.2) is 4.99 Å². The molecule has 0 saturated carbocycles. The number of benzene rings is 2. The topological polar surface area (TPSA) is 18.8 Å². The lowest BCUT2D eigenvalue weighted by atomic mass is 10.1. The van der Waals surface area contributed by atoms with Gasteiger partial charge in [0.15, 0.2) is 0 Å². The zero-order valence-corrected chi connectivity index (χ0v) is 13.4. The normalized spacial score (nSPS) is 16.8.